The van der Waals surface area contributed by atoms with Gasteiger partial charge in [0.25, 0.3) is 5.91 Å². The average molecular weight is 263 g/mol. The number of nitrogens with zero attached hydrogens (tertiary/aromatic N) is 1. The number of hydrogen-bond donors (Lipinski definition) is 1. The molecule has 1 N–H and O–H groups in total. The third-order valence-electron chi connectivity index (χ3n) is 2.72. The van der Waals surface area contributed by atoms with Gasteiger partial charge < -0.3 is 10.0 Å². The third kappa shape index (κ3) is 2.40. The van der Waals surface area contributed by atoms with E-state index in [4.69, 9.17) is 0 Å². The van der Waals surface area contributed by atoms with Crippen molar-refractivity contribution in [3.05, 3.63) is 59.7 Å². The van der Waals surface area contributed by atoms with Crippen molar-refractivity contribution in [2.75, 3.05) is 11.9 Å². The van der Waals surface area contributed by atoms with Crippen molar-refractivity contribution < 1.29 is 18.7 Å². The van der Waals surface area contributed by atoms with E-state index in [0.717, 1.165) is 17.0 Å². The van der Waals surface area contributed by atoms with Gasteiger partial charge in [0.05, 0.1) is 5.69 Å². The number of amides is 1. The number of hydrogen-bond acceptors (Lipinski definition) is 2. The number of anilines is 1. The molecule has 0 aliphatic heterocycles. The fourth-order valence-corrected chi connectivity index (χ4v) is 1.73. The van der Waals surface area contributed by atoms with Gasteiger partial charge in [-0.25, -0.2) is 8.78 Å². The summed E-state index contributed by atoms with van der Waals surface area (Å²) in [4.78, 5) is 13.1. The average Bonchev–Trinajstić information content (AvgIpc) is 2.38. The molecule has 0 bridgehead atoms. The quantitative estimate of drug-likeness (QED) is 0.905. The molecule has 5 heteroatoms. The molecule has 3 nitrogen and oxygen atoms in total. The van der Waals surface area contributed by atoms with Crippen LogP contribution in [0.15, 0.2) is 42.5 Å². The van der Waals surface area contributed by atoms with Gasteiger partial charge >= 0.3 is 0 Å². The normalized spacial score (nSPS) is 10.3. The second-order valence-electron chi connectivity index (χ2n) is 3.95. The Kier molecular flexibility index (Phi) is 3.46. The van der Waals surface area contributed by atoms with Crippen LogP contribution in [0.3, 0.4) is 0 Å². The summed E-state index contributed by atoms with van der Waals surface area (Å²) < 4.78 is 27.1. The maximum Gasteiger partial charge on any atom is 0.264 e. The molecule has 0 unspecified atom stereocenters. The highest BCUT2D eigenvalue weighted by Crippen LogP contribution is 2.27. The van der Waals surface area contributed by atoms with Crippen LogP contribution in [0, 0.1) is 11.6 Å². The summed E-state index contributed by atoms with van der Waals surface area (Å²) >= 11 is 0. The van der Waals surface area contributed by atoms with E-state index in [1.54, 1.807) is 12.1 Å². The van der Waals surface area contributed by atoms with E-state index in [0.29, 0.717) is 0 Å². The highest BCUT2D eigenvalue weighted by atomic mass is 19.1. The summed E-state index contributed by atoms with van der Waals surface area (Å²) in [6, 6.07) is 9.26. The van der Waals surface area contributed by atoms with E-state index in [1.165, 1.54) is 25.2 Å². The molecule has 2 rings (SSSR count). The molecule has 0 fully saturated rings. The highest BCUT2D eigenvalue weighted by molar-refractivity contribution is 6.06. The predicted octanol–water partition coefficient (Wildman–Crippen LogP) is 2.95. The summed E-state index contributed by atoms with van der Waals surface area (Å²) in [6.45, 7) is 0. The lowest BCUT2D eigenvalue weighted by molar-refractivity contribution is 0.0984. The summed E-state index contributed by atoms with van der Waals surface area (Å²) in [5, 5.41) is 9.63. The molecule has 0 heterocycles. The first-order valence-electron chi connectivity index (χ1n) is 5.52. The number of halogens is 2. The number of carbonyl (C=O) groups excluding carboxylic acids is 1. The first-order chi connectivity index (χ1) is 9.02. The van der Waals surface area contributed by atoms with Crippen LogP contribution >= 0.6 is 0 Å². The monoisotopic (exact) mass is 263 g/mol. The van der Waals surface area contributed by atoms with Gasteiger partial charge in [0.1, 0.15) is 22.9 Å². The summed E-state index contributed by atoms with van der Waals surface area (Å²) in [5.74, 6) is -2.88. The van der Waals surface area contributed by atoms with Crippen molar-refractivity contribution in [3.8, 4) is 5.75 Å². The van der Waals surface area contributed by atoms with Crippen molar-refractivity contribution >= 4 is 11.6 Å². The molecular weight excluding hydrogens is 252 g/mol. The minimum Gasteiger partial charge on any atom is -0.506 e. The lowest BCUT2D eigenvalue weighted by Gasteiger charge is -2.19. The molecule has 0 aliphatic rings. The number of carbonyl (C=O) groups is 1. The summed E-state index contributed by atoms with van der Waals surface area (Å²) in [5.41, 5.74) is -0.469. The Bertz CT molecular complexity index is 608. The van der Waals surface area contributed by atoms with Gasteiger partial charge in [-0.3, -0.25) is 4.79 Å². The molecular formula is C14H11F2NO2. The third-order valence-corrected chi connectivity index (χ3v) is 2.72. The van der Waals surface area contributed by atoms with Gasteiger partial charge in [0.2, 0.25) is 0 Å². The van der Waals surface area contributed by atoms with E-state index >= 15 is 0 Å². The first-order valence-corrected chi connectivity index (χ1v) is 5.52. The van der Waals surface area contributed by atoms with Crippen molar-refractivity contribution in [3.63, 3.8) is 0 Å². The van der Waals surface area contributed by atoms with Crippen LogP contribution in [0.4, 0.5) is 14.5 Å². The first kappa shape index (κ1) is 13.0. The Labute approximate surface area is 108 Å². The molecule has 0 atom stereocenters. The highest BCUT2D eigenvalue weighted by Gasteiger charge is 2.22. The molecule has 2 aromatic carbocycles. The van der Waals surface area contributed by atoms with E-state index < -0.39 is 23.1 Å². The van der Waals surface area contributed by atoms with E-state index in [-0.39, 0.29) is 11.4 Å². The van der Waals surface area contributed by atoms with Gasteiger partial charge in [0.15, 0.2) is 0 Å². The number of rotatable bonds is 2. The molecule has 98 valence electrons. The van der Waals surface area contributed by atoms with Gasteiger partial charge in [0, 0.05) is 7.05 Å². The molecule has 2 aromatic rings. The van der Waals surface area contributed by atoms with Crippen molar-refractivity contribution in [2.45, 2.75) is 0 Å². The van der Waals surface area contributed by atoms with E-state index in [1.807, 2.05) is 0 Å². The molecule has 0 saturated heterocycles. The van der Waals surface area contributed by atoms with Gasteiger partial charge in [-0.2, -0.15) is 0 Å². The minimum atomic E-state index is -0.938. The Balaban J connectivity index is 2.43. The Morgan fingerprint density at radius 1 is 1.05 bits per heavy atom. The van der Waals surface area contributed by atoms with Gasteiger partial charge in [-0.15, -0.1) is 0 Å². The zero-order chi connectivity index (χ0) is 14.0. The predicted molar refractivity (Wildman–Crippen MR) is 67.2 cm³/mol. The maximum absolute atomic E-state index is 13.5. The van der Waals surface area contributed by atoms with E-state index in [2.05, 4.69) is 0 Å². The minimum absolute atomic E-state index is 0.143. The number of benzene rings is 2. The Morgan fingerprint density at radius 3 is 2.21 bits per heavy atom. The van der Waals surface area contributed by atoms with Crippen molar-refractivity contribution in [1.82, 2.24) is 0 Å². The molecule has 0 aromatic heterocycles. The standard InChI is InChI=1S/C14H11F2NO2/c1-17(11-7-2-3-8-12(11)18)14(19)13-9(15)5-4-6-10(13)16/h2-8,18H,1H3. The second kappa shape index (κ2) is 5.06. The number of aromatic hydroxyl groups is 1. The summed E-state index contributed by atoms with van der Waals surface area (Å²) in [6.07, 6.45) is 0. The lowest BCUT2D eigenvalue weighted by Crippen LogP contribution is -2.28. The van der Waals surface area contributed by atoms with E-state index in [9.17, 15) is 18.7 Å². The fraction of sp³-hybridized carbons (Fsp3) is 0.0714. The molecule has 19 heavy (non-hydrogen) atoms. The number of phenolic OH excluding ortho intramolecular Hbond substituents is 1. The van der Waals surface area contributed by atoms with Crippen molar-refractivity contribution in [2.24, 2.45) is 0 Å². The van der Waals surface area contributed by atoms with Crippen LogP contribution < -0.4 is 4.90 Å². The molecule has 1 amide bonds. The van der Waals surface area contributed by atoms with Crippen LogP contribution in [0.2, 0.25) is 0 Å². The van der Waals surface area contributed by atoms with Gasteiger partial charge in [-0.05, 0) is 24.3 Å². The molecule has 0 saturated carbocycles. The van der Waals surface area contributed by atoms with Crippen LogP contribution in [-0.4, -0.2) is 18.1 Å². The molecule has 0 spiro atoms. The largest absolute Gasteiger partial charge is 0.506 e. The molecule has 0 aliphatic carbocycles. The lowest BCUT2D eigenvalue weighted by atomic mass is 10.1. The zero-order valence-corrected chi connectivity index (χ0v) is 10.1. The smallest absolute Gasteiger partial charge is 0.264 e. The Hall–Kier alpha value is -2.43. The van der Waals surface area contributed by atoms with Crippen LogP contribution in [0.25, 0.3) is 0 Å². The van der Waals surface area contributed by atoms with Crippen LogP contribution in [0.1, 0.15) is 10.4 Å². The van der Waals surface area contributed by atoms with Crippen LogP contribution in [-0.2, 0) is 0 Å². The number of phenols is 1. The SMILES string of the molecule is CN(C(=O)c1c(F)cccc1F)c1ccccc1O. The second-order valence-corrected chi connectivity index (χ2v) is 3.95. The van der Waals surface area contributed by atoms with Crippen LogP contribution in [0.5, 0.6) is 5.75 Å². The zero-order valence-electron chi connectivity index (χ0n) is 10.1. The topological polar surface area (TPSA) is 40.5 Å². The maximum atomic E-state index is 13.5. The molecule has 0 radical (unpaired) electrons. The summed E-state index contributed by atoms with van der Waals surface area (Å²) in [7, 11) is 1.34. The number of para-hydroxylation sites is 2. The fourth-order valence-electron chi connectivity index (χ4n) is 1.73. The van der Waals surface area contributed by atoms with Crippen molar-refractivity contribution in [1.29, 1.82) is 0 Å². The van der Waals surface area contributed by atoms with Gasteiger partial charge in [-0.1, -0.05) is 18.2 Å². The Morgan fingerprint density at radius 2 is 1.63 bits per heavy atom.